The Labute approximate surface area is 156 Å². The third-order valence-electron chi connectivity index (χ3n) is 4.46. The average Bonchev–Trinajstić information content (AvgIpc) is 3.09. The molecule has 4 aromatic rings. The molecule has 1 aromatic heterocycles. The van der Waals surface area contributed by atoms with Crippen molar-refractivity contribution in [1.29, 1.82) is 0 Å². The van der Waals surface area contributed by atoms with Crippen molar-refractivity contribution in [2.75, 3.05) is 0 Å². The first-order valence-electron chi connectivity index (χ1n) is 8.29. The predicted octanol–water partition coefficient (Wildman–Crippen LogP) is 3.64. The summed E-state index contributed by atoms with van der Waals surface area (Å²) in [4.78, 5) is 11.3. The molecular formula is C21H16N2O3S. The van der Waals surface area contributed by atoms with Gasteiger partial charge >= 0.3 is 0 Å². The second kappa shape index (κ2) is 6.41. The molecule has 2 N–H and O–H groups in total. The lowest BCUT2D eigenvalue weighted by atomic mass is 10.1. The van der Waals surface area contributed by atoms with Gasteiger partial charge in [0.1, 0.15) is 0 Å². The highest BCUT2D eigenvalue weighted by molar-refractivity contribution is 7.90. The lowest BCUT2D eigenvalue weighted by Crippen LogP contribution is -2.14. The number of amides is 1. The molecule has 4 rings (SSSR count). The summed E-state index contributed by atoms with van der Waals surface area (Å²) in [6.07, 6.45) is 1.64. The first-order valence-corrected chi connectivity index (χ1v) is 9.73. The van der Waals surface area contributed by atoms with Crippen LogP contribution in [0, 0.1) is 0 Å². The zero-order valence-corrected chi connectivity index (χ0v) is 15.1. The summed E-state index contributed by atoms with van der Waals surface area (Å²) in [5.41, 5.74) is 7.86. The number of primary amides is 1. The molecule has 5 nitrogen and oxygen atoms in total. The molecule has 0 fully saturated rings. The van der Waals surface area contributed by atoms with Gasteiger partial charge in [-0.1, -0.05) is 48.5 Å². The molecule has 0 spiro atoms. The largest absolute Gasteiger partial charge is 0.366 e. The smallest absolute Gasteiger partial charge is 0.268 e. The minimum Gasteiger partial charge on any atom is -0.366 e. The minimum absolute atomic E-state index is 0.0906. The molecule has 0 unspecified atom stereocenters. The summed E-state index contributed by atoms with van der Waals surface area (Å²) in [6, 6.07) is 22.6. The van der Waals surface area contributed by atoms with E-state index < -0.39 is 15.9 Å². The maximum absolute atomic E-state index is 13.2. The normalized spacial score (nSPS) is 11.6. The van der Waals surface area contributed by atoms with Crippen LogP contribution in [-0.2, 0) is 10.0 Å². The number of hydrogen-bond donors (Lipinski definition) is 1. The van der Waals surface area contributed by atoms with Gasteiger partial charge in [0.25, 0.3) is 10.0 Å². The van der Waals surface area contributed by atoms with Gasteiger partial charge in [-0.15, -0.1) is 0 Å². The molecule has 0 bridgehead atoms. The maximum atomic E-state index is 13.2. The van der Waals surface area contributed by atoms with Crippen LogP contribution in [0.25, 0.3) is 22.0 Å². The molecule has 27 heavy (non-hydrogen) atoms. The van der Waals surface area contributed by atoms with E-state index in [0.717, 1.165) is 16.5 Å². The van der Waals surface area contributed by atoms with E-state index in [0.29, 0.717) is 5.52 Å². The molecule has 0 saturated heterocycles. The van der Waals surface area contributed by atoms with E-state index in [4.69, 9.17) is 5.73 Å². The monoisotopic (exact) mass is 376 g/mol. The SMILES string of the molecule is NC(=O)c1ccc(S(=O)(=O)n2cc(-c3ccccc3)c3ccccc32)cc1. The predicted molar refractivity (Wildman–Crippen MR) is 105 cm³/mol. The molecule has 134 valence electrons. The zero-order valence-electron chi connectivity index (χ0n) is 14.2. The van der Waals surface area contributed by atoms with Gasteiger partial charge in [-0.3, -0.25) is 4.79 Å². The number of carbonyl (C=O) groups is 1. The van der Waals surface area contributed by atoms with Crippen LogP contribution in [-0.4, -0.2) is 18.3 Å². The van der Waals surface area contributed by atoms with Crippen LogP contribution in [0.5, 0.6) is 0 Å². The Balaban J connectivity index is 1.92. The van der Waals surface area contributed by atoms with E-state index in [9.17, 15) is 13.2 Å². The lowest BCUT2D eigenvalue weighted by molar-refractivity contribution is 0.1000. The van der Waals surface area contributed by atoms with Crippen molar-refractivity contribution in [1.82, 2.24) is 3.97 Å². The van der Waals surface area contributed by atoms with Crippen LogP contribution < -0.4 is 5.73 Å². The van der Waals surface area contributed by atoms with E-state index in [1.54, 1.807) is 18.3 Å². The van der Waals surface area contributed by atoms with E-state index >= 15 is 0 Å². The second-order valence-electron chi connectivity index (χ2n) is 6.12. The highest BCUT2D eigenvalue weighted by atomic mass is 32.2. The number of hydrogen-bond acceptors (Lipinski definition) is 3. The van der Waals surface area contributed by atoms with Crippen molar-refractivity contribution in [3.05, 3.63) is 90.6 Å². The van der Waals surface area contributed by atoms with Crippen LogP contribution in [0.15, 0.2) is 90.0 Å². The summed E-state index contributed by atoms with van der Waals surface area (Å²) >= 11 is 0. The molecule has 0 aliphatic carbocycles. The van der Waals surface area contributed by atoms with Gasteiger partial charge in [0.2, 0.25) is 5.91 Å². The molecule has 6 heteroatoms. The highest BCUT2D eigenvalue weighted by Crippen LogP contribution is 2.32. The molecule has 0 atom stereocenters. The van der Waals surface area contributed by atoms with Gasteiger partial charge in [0.15, 0.2) is 0 Å². The van der Waals surface area contributed by atoms with Crippen LogP contribution in [0.4, 0.5) is 0 Å². The quantitative estimate of drug-likeness (QED) is 0.590. The van der Waals surface area contributed by atoms with Crippen LogP contribution in [0.3, 0.4) is 0 Å². The Morgan fingerprint density at radius 3 is 2.11 bits per heavy atom. The fourth-order valence-corrected chi connectivity index (χ4v) is 4.47. The molecular weight excluding hydrogens is 360 g/mol. The number of rotatable bonds is 4. The third kappa shape index (κ3) is 2.90. The topological polar surface area (TPSA) is 82.2 Å². The lowest BCUT2D eigenvalue weighted by Gasteiger charge is -2.08. The van der Waals surface area contributed by atoms with Gasteiger partial charge in [-0.2, -0.15) is 0 Å². The number of benzene rings is 3. The van der Waals surface area contributed by atoms with Gasteiger partial charge in [-0.25, -0.2) is 12.4 Å². The zero-order chi connectivity index (χ0) is 19.0. The maximum Gasteiger partial charge on any atom is 0.268 e. The first-order chi connectivity index (χ1) is 13.0. The number of nitrogens with two attached hydrogens (primary N) is 1. The van der Waals surface area contributed by atoms with Crippen molar-refractivity contribution in [3.8, 4) is 11.1 Å². The van der Waals surface area contributed by atoms with Crippen LogP contribution in [0.2, 0.25) is 0 Å². The van der Waals surface area contributed by atoms with Crippen LogP contribution >= 0.6 is 0 Å². The molecule has 3 aromatic carbocycles. The van der Waals surface area contributed by atoms with Crippen LogP contribution in [0.1, 0.15) is 10.4 Å². The number of para-hydroxylation sites is 1. The Kier molecular flexibility index (Phi) is 4.05. The van der Waals surface area contributed by atoms with E-state index in [1.807, 2.05) is 42.5 Å². The molecule has 0 aliphatic rings. The summed E-state index contributed by atoms with van der Waals surface area (Å²) in [6.45, 7) is 0. The fraction of sp³-hybridized carbons (Fsp3) is 0. The summed E-state index contributed by atoms with van der Waals surface area (Å²) < 4.78 is 27.7. The standard InChI is InChI=1S/C21H16N2O3S/c22-21(24)16-10-12-17(13-11-16)27(25,26)23-14-19(15-6-2-1-3-7-15)18-8-4-5-9-20(18)23/h1-14H,(H2,22,24). The van der Waals surface area contributed by atoms with E-state index in [1.165, 1.54) is 28.2 Å². The van der Waals surface area contributed by atoms with Crippen molar-refractivity contribution in [2.45, 2.75) is 4.90 Å². The Morgan fingerprint density at radius 2 is 1.44 bits per heavy atom. The van der Waals surface area contributed by atoms with Gasteiger partial charge in [-0.05, 0) is 35.9 Å². The van der Waals surface area contributed by atoms with Gasteiger partial charge in [0, 0.05) is 22.7 Å². The number of nitrogens with zero attached hydrogens (tertiary/aromatic N) is 1. The summed E-state index contributed by atoms with van der Waals surface area (Å²) in [5, 5.41) is 0.848. The highest BCUT2D eigenvalue weighted by Gasteiger charge is 2.21. The molecule has 0 radical (unpaired) electrons. The van der Waals surface area contributed by atoms with Crippen molar-refractivity contribution in [2.24, 2.45) is 5.73 Å². The number of carbonyl (C=O) groups excluding carboxylic acids is 1. The third-order valence-corrected chi connectivity index (χ3v) is 6.15. The van der Waals surface area contributed by atoms with Gasteiger partial charge < -0.3 is 5.73 Å². The van der Waals surface area contributed by atoms with Gasteiger partial charge in [0.05, 0.1) is 10.4 Å². The summed E-state index contributed by atoms with van der Waals surface area (Å²) in [5.74, 6) is -0.600. The first kappa shape index (κ1) is 17.1. The van der Waals surface area contributed by atoms with Crippen molar-refractivity contribution in [3.63, 3.8) is 0 Å². The second-order valence-corrected chi connectivity index (χ2v) is 7.93. The van der Waals surface area contributed by atoms with E-state index in [-0.39, 0.29) is 10.5 Å². The molecule has 0 saturated carbocycles. The Hall–Kier alpha value is -3.38. The molecule has 0 aliphatic heterocycles. The fourth-order valence-electron chi connectivity index (χ4n) is 3.10. The average molecular weight is 376 g/mol. The van der Waals surface area contributed by atoms with Crippen molar-refractivity contribution >= 4 is 26.8 Å². The number of fused-ring (bicyclic) bond motifs is 1. The van der Waals surface area contributed by atoms with E-state index in [2.05, 4.69) is 0 Å². The Bertz CT molecular complexity index is 1240. The summed E-state index contributed by atoms with van der Waals surface area (Å²) in [7, 11) is -3.83. The van der Waals surface area contributed by atoms with Crippen molar-refractivity contribution < 1.29 is 13.2 Å². The Morgan fingerprint density at radius 1 is 0.815 bits per heavy atom. The molecule has 1 amide bonds. The number of aromatic nitrogens is 1. The molecule has 1 heterocycles. The minimum atomic E-state index is -3.83.